The molecule has 0 radical (unpaired) electrons. The number of hydrogen-bond donors (Lipinski definition) is 2. The van der Waals surface area contributed by atoms with Crippen molar-refractivity contribution in [3.63, 3.8) is 0 Å². The first-order valence-electron chi connectivity index (χ1n) is 5.30. The molecule has 18 heavy (non-hydrogen) atoms. The van der Waals surface area contributed by atoms with E-state index in [2.05, 4.69) is 10.1 Å². The Hall–Kier alpha value is -1.34. The van der Waals surface area contributed by atoms with Crippen molar-refractivity contribution in [3.8, 4) is 5.75 Å². The summed E-state index contributed by atoms with van der Waals surface area (Å²) < 4.78 is 52.9. The van der Waals surface area contributed by atoms with Crippen LogP contribution in [0.5, 0.6) is 5.75 Å². The van der Waals surface area contributed by atoms with E-state index in [0.717, 1.165) is 0 Å². The summed E-state index contributed by atoms with van der Waals surface area (Å²) in [6.07, 6.45) is -2.54. The van der Waals surface area contributed by atoms with Gasteiger partial charge in [-0.2, -0.15) is 8.78 Å². The van der Waals surface area contributed by atoms with Gasteiger partial charge in [-0.25, -0.2) is 8.78 Å². The molecule has 0 aliphatic heterocycles. The minimum Gasteiger partial charge on any atom is -0.434 e. The van der Waals surface area contributed by atoms with Crippen LogP contribution < -0.4 is 15.8 Å². The lowest BCUT2D eigenvalue weighted by molar-refractivity contribution is -0.0507. The molecule has 1 unspecified atom stereocenters. The van der Waals surface area contributed by atoms with Crippen LogP contribution in [-0.4, -0.2) is 26.1 Å². The van der Waals surface area contributed by atoms with Crippen molar-refractivity contribution in [2.24, 2.45) is 5.73 Å². The van der Waals surface area contributed by atoms with Gasteiger partial charge in [0.2, 0.25) is 0 Å². The van der Waals surface area contributed by atoms with Crippen molar-refractivity contribution < 1.29 is 22.3 Å². The van der Waals surface area contributed by atoms with Crippen LogP contribution in [0, 0.1) is 0 Å². The van der Waals surface area contributed by atoms with Crippen molar-refractivity contribution in [2.45, 2.75) is 19.1 Å². The van der Waals surface area contributed by atoms with Gasteiger partial charge in [0.25, 0.3) is 6.43 Å². The summed E-state index contributed by atoms with van der Waals surface area (Å²) in [5.41, 5.74) is 5.77. The number of nitrogens with one attached hydrogen (secondary N) is 1. The van der Waals surface area contributed by atoms with Gasteiger partial charge in [-0.3, -0.25) is 0 Å². The summed E-state index contributed by atoms with van der Waals surface area (Å²) in [6.45, 7) is -3.54. The topological polar surface area (TPSA) is 47.3 Å². The highest BCUT2D eigenvalue weighted by molar-refractivity contribution is 5.36. The van der Waals surface area contributed by atoms with Gasteiger partial charge in [0, 0.05) is 18.2 Å². The van der Waals surface area contributed by atoms with Gasteiger partial charge in [0.1, 0.15) is 5.75 Å². The molecule has 1 aromatic carbocycles. The number of hydrogen-bond acceptors (Lipinski definition) is 3. The smallest absolute Gasteiger partial charge is 0.387 e. The molecule has 3 N–H and O–H groups in total. The number of nitrogens with two attached hydrogens (primary N) is 1. The maximum atomic E-state index is 12.2. The van der Waals surface area contributed by atoms with E-state index in [-0.39, 0.29) is 12.3 Å². The molecule has 0 fully saturated rings. The highest BCUT2D eigenvalue weighted by atomic mass is 19.3. The van der Waals surface area contributed by atoms with Gasteiger partial charge in [-0.05, 0) is 6.07 Å². The Morgan fingerprint density at radius 2 is 1.83 bits per heavy atom. The fraction of sp³-hybridized carbons (Fsp3) is 0.455. The minimum absolute atomic E-state index is 0.00364. The Bertz CT molecular complexity index is 363. The SMILES string of the molecule is NCC(NCC(F)F)c1ccccc1OC(F)F. The largest absolute Gasteiger partial charge is 0.434 e. The zero-order chi connectivity index (χ0) is 13.5. The van der Waals surface area contributed by atoms with Gasteiger partial charge in [0.15, 0.2) is 0 Å². The summed E-state index contributed by atoms with van der Waals surface area (Å²) in [4.78, 5) is 0. The van der Waals surface area contributed by atoms with Crippen molar-refractivity contribution in [1.82, 2.24) is 5.32 Å². The summed E-state index contributed by atoms with van der Waals surface area (Å²) in [7, 11) is 0. The fourth-order valence-corrected chi connectivity index (χ4v) is 1.52. The van der Waals surface area contributed by atoms with Crippen LogP contribution in [0.15, 0.2) is 24.3 Å². The third-order valence-corrected chi connectivity index (χ3v) is 2.26. The molecule has 0 aromatic heterocycles. The third kappa shape index (κ3) is 4.50. The molecular weight excluding hydrogens is 252 g/mol. The number of benzene rings is 1. The zero-order valence-electron chi connectivity index (χ0n) is 9.45. The molecule has 1 aromatic rings. The Morgan fingerprint density at radius 1 is 1.17 bits per heavy atom. The van der Waals surface area contributed by atoms with Crippen molar-refractivity contribution in [3.05, 3.63) is 29.8 Å². The highest BCUT2D eigenvalue weighted by Gasteiger charge is 2.17. The van der Waals surface area contributed by atoms with Crippen LogP contribution in [0.25, 0.3) is 0 Å². The molecule has 0 bridgehead atoms. The van der Waals surface area contributed by atoms with Crippen LogP contribution in [0.3, 0.4) is 0 Å². The van der Waals surface area contributed by atoms with Crippen molar-refractivity contribution >= 4 is 0 Å². The molecule has 1 rings (SSSR count). The lowest BCUT2D eigenvalue weighted by atomic mass is 10.1. The standard InChI is InChI=1S/C11H14F4N2O/c12-10(13)6-17-8(5-16)7-3-1-2-4-9(7)18-11(14)15/h1-4,8,10-11,17H,5-6,16H2. The second-order valence-electron chi connectivity index (χ2n) is 3.50. The molecule has 0 aliphatic carbocycles. The number of ether oxygens (including phenoxy) is 1. The van der Waals surface area contributed by atoms with Gasteiger partial charge < -0.3 is 15.8 Å². The molecule has 0 spiro atoms. The van der Waals surface area contributed by atoms with E-state index in [1.54, 1.807) is 6.07 Å². The molecule has 0 saturated heterocycles. The van der Waals surface area contributed by atoms with Gasteiger partial charge in [-0.1, -0.05) is 18.2 Å². The molecule has 0 saturated carbocycles. The van der Waals surface area contributed by atoms with Crippen LogP contribution in [-0.2, 0) is 0 Å². The van der Waals surface area contributed by atoms with E-state index in [9.17, 15) is 17.6 Å². The van der Waals surface area contributed by atoms with Gasteiger partial charge >= 0.3 is 6.61 Å². The van der Waals surface area contributed by atoms with E-state index in [0.29, 0.717) is 5.56 Å². The van der Waals surface area contributed by atoms with E-state index >= 15 is 0 Å². The molecule has 102 valence electrons. The number of para-hydroxylation sites is 1. The Morgan fingerprint density at radius 3 is 2.39 bits per heavy atom. The maximum Gasteiger partial charge on any atom is 0.387 e. The van der Waals surface area contributed by atoms with E-state index in [1.165, 1.54) is 18.2 Å². The molecule has 1 atom stereocenters. The first kappa shape index (κ1) is 14.7. The lowest BCUT2D eigenvalue weighted by Gasteiger charge is -2.20. The maximum absolute atomic E-state index is 12.2. The van der Waals surface area contributed by atoms with Gasteiger partial charge in [-0.15, -0.1) is 0 Å². The predicted octanol–water partition coefficient (Wildman–Crippen LogP) is 2.14. The zero-order valence-corrected chi connectivity index (χ0v) is 9.45. The van der Waals surface area contributed by atoms with Crippen molar-refractivity contribution in [2.75, 3.05) is 13.1 Å². The molecule has 7 heteroatoms. The van der Waals surface area contributed by atoms with E-state index < -0.39 is 25.6 Å². The average molecular weight is 266 g/mol. The third-order valence-electron chi connectivity index (χ3n) is 2.26. The summed E-state index contributed by atoms with van der Waals surface area (Å²) in [5, 5.41) is 2.50. The summed E-state index contributed by atoms with van der Waals surface area (Å²) in [5.74, 6) is -0.0651. The Balaban J connectivity index is 2.83. The summed E-state index contributed by atoms with van der Waals surface area (Å²) in [6, 6.07) is 5.30. The first-order valence-corrected chi connectivity index (χ1v) is 5.30. The van der Waals surface area contributed by atoms with Crippen LogP contribution in [0.4, 0.5) is 17.6 Å². The number of alkyl halides is 4. The molecular formula is C11H14F4N2O. The van der Waals surface area contributed by atoms with Crippen molar-refractivity contribution in [1.29, 1.82) is 0 Å². The van der Waals surface area contributed by atoms with E-state index in [1.807, 2.05) is 0 Å². The fourth-order valence-electron chi connectivity index (χ4n) is 1.52. The molecule has 3 nitrogen and oxygen atoms in total. The Kier molecular flexibility index (Phi) is 5.87. The average Bonchev–Trinajstić information content (AvgIpc) is 2.30. The molecule has 0 amide bonds. The van der Waals surface area contributed by atoms with Crippen LogP contribution >= 0.6 is 0 Å². The second-order valence-corrected chi connectivity index (χ2v) is 3.50. The van der Waals surface area contributed by atoms with Crippen LogP contribution in [0.1, 0.15) is 11.6 Å². The van der Waals surface area contributed by atoms with Gasteiger partial charge in [0.05, 0.1) is 6.54 Å². The number of halogens is 4. The molecule has 0 heterocycles. The Labute approximate surface area is 102 Å². The highest BCUT2D eigenvalue weighted by Crippen LogP contribution is 2.26. The summed E-state index contributed by atoms with van der Waals surface area (Å²) >= 11 is 0. The first-order chi connectivity index (χ1) is 8.54. The second kappa shape index (κ2) is 7.17. The normalized spacial score (nSPS) is 13.1. The lowest BCUT2D eigenvalue weighted by Crippen LogP contribution is -2.32. The van der Waals surface area contributed by atoms with E-state index in [4.69, 9.17) is 5.73 Å². The quantitative estimate of drug-likeness (QED) is 0.743. The number of rotatable bonds is 7. The predicted molar refractivity (Wildman–Crippen MR) is 58.9 cm³/mol. The van der Waals surface area contributed by atoms with Crippen LogP contribution in [0.2, 0.25) is 0 Å². The molecule has 0 aliphatic rings. The minimum atomic E-state index is -2.97. The monoisotopic (exact) mass is 266 g/mol.